The third kappa shape index (κ3) is 2.17. The van der Waals surface area contributed by atoms with Gasteiger partial charge in [-0.3, -0.25) is 4.79 Å². The van der Waals surface area contributed by atoms with Crippen molar-refractivity contribution >= 4 is 28.6 Å². The predicted octanol–water partition coefficient (Wildman–Crippen LogP) is 2.41. The lowest BCUT2D eigenvalue weighted by Crippen LogP contribution is -2.10. The summed E-state index contributed by atoms with van der Waals surface area (Å²) in [6, 6.07) is 7.63. The van der Waals surface area contributed by atoms with E-state index >= 15 is 0 Å². The first kappa shape index (κ1) is 11.0. The normalized spacial score (nSPS) is 12.6. The van der Waals surface area contributed by atoms with Gasteiger partial charge in [0.05, 0.1) is 11.0 Å². The maximum Gasteiger partial charge on any atom is 0.321 e. The number of H-pyrrole nitrogens is 1. The standard InChI is InChI=1S/C11H11ClN2O2/c1-7(16-10(15)6-12)11-13-8-4-2-3-5-9(8)14-11/h2-5,7H,6H2,1H3,(H,13,14). The van der Waals surface area contributed by atoms with Gasteiger partial charge in [-0.15, -0.1) is 11.6 Å². The van der Waals surface area contributed by atoms with Gasteiger partial charge in [0.25, 0.3) is 0 Å². The summed E-state index contributed by atoms with van der Waals surface area (Å²) >= 11 is 5.36. The van der Waals surface area contributed by atoms with Gasteiger partial charge in [-0.25, -0.2) is 4.98 Å². The number of carbonyl (C=O) groups excluding carboxylic acids is 1. The van der Waals surface area contributed by atoms with Gasteiger partial charge in [-0.1, -0.05) is 12.1 Å². The molecule has 1 atom stereocenters. The summed E-state index contributed by atoms with van der Waals surface area (Å²) in [7, 11) is 0. The topological polar surface area (TPSA) is 55.0 Å². The Morgan fingerprint density at radius 3 is 3.00 bits per heavy atom. The lowest BCUT2D eigenvalue weighted by Gasteiger charge is -2.08. The molecule has 1 heterocycles. The highest BCUT2D eigenvalue weighted by atomic mass is 35.5. The van der Waals surface area contributed by atoms with Crippen LogP contribution in [0.1, 0.15) is 18.9 Å². The third-order valence-corrected chi connectivity index (χ3v) is 2.43. The van der Waals surface area contributed by atoms with E-state index in [2.05, 4.69) is 9.97 Å². The molecule has 0 radical (unpaired) electrons. The molecule has 1 unspecified atom stereocenters. The van der Waals surface area contributed by atoms with Crippen LogP contribution in [-0.2, 0) is 9.53 Å². The number of benzene rings is 1. The van der Waals surface area contributed by atoms with Gasteiger partial charge in [0, 0.05) is 0 Å². The van der Waals surface area contributed by atoms with Crippen LogP contribution in [0.3, 0.4) is 0 Å². The molecule has 0 spiro atoms. The van der Waals surface area contributed by atoms with Crippen molar-refractivity contribution in [2.45, 2.75) is 13.0 Å². The van der Waals surface area contributed by atoms with Crippen molar-refractivity contribution in [1.82, 2.24) is 9.97 Å². The van der Waals surface area contributed by atoms with Crippen LogP contribution in [0.4, 0.5) is 0 Å². The highest BCUT2D eigenvalue weighted by Gasteiger charge is 2.14. The highest BCUT2D eigenvalue weighted by molar-refractivity contribution is 6.26. The molecule has 0 saturated heterocycles. The molecule has 0 aliphatic rings. The summed E-state index contributed by atoms with van der Waals surface area (Å²) < 4.78 is 5.05. The number of alkyl halides is 1. The molecule has 0 aliphatic heterocycles. The Hall–Kier alpha value is -1.55. The number of halogens is 1. The zero-order chi connectivity index (χ0) is 11.5. The van der Waals surface area contributed by atoms with Crippen LogP contribution in [0.15, 0.2) is 24.3 Å². The van der Waals surface area contributed by atoms with Gasteiger partial charge in [-0.05, 0) is 19.1 Å². The number of fused-ring (bicyclic) bond motifs is 1. The van der Waals surface area contributed by atoms with E-state index in [-0.39, 0.29) is 5.88 Å². The quantitative estimate of drug-likeness (QED) is 0.660. The number of rotatable bonds is 3. The van der Waals surface area contributed by atoms with Crippen molar-refractivity contribution in [3.63, 3.8) is 0 Å². The molecule has 0 amide bonds. The van der Waals surface area contributed by atoms with Crippen LogP contribution >= 0.6 is 11.6 Å². The second kappa shape index (κ2) is 4.53. The van der Waals surface area contributed by atoms with E-state index in [9.17, 15) is 4.79 Å². The fourth-order valence-electron chi connectivity index (χ4n) is 1.45. The largest absolute Gasteiger partial charge is 0.454 e. The number of esters is 1. The SMILES string of the molecule is CC(OC(=O)CCl)c1nc2ccccc2[nH]1. The van der Waals surface area contributed by atoms with Crippen LogP contribution in [-0.4, -0.2) is 21.8 Å². The van der Waals surface area contributed by atoms with Gasteiger partial charge in [-0.2, -0.15) is 0 Å². The molecule has 0 saturated carbocycles. The van der Waals surface area contributed by atoms with Crippen molar-refractivity contribution in [2.75, 3.05) is 5.88 Å². The average molecular weight is 239 g/mol. The monoisotopic (exact) mass is 238 g/mol. The Bertz CT molecular complexity index is 476. The molecule has 1 aromatic carbocycles. The summed E-state index contributed by atoms with van der Waals surface area (Å²) in [5, 5.41) is 0. The van der Waals surface area contributed by atoms with E-state index in [1.54, 1.807) is 6.92 Å². The van der Waals surface area contributed by atoms with Crippen molar-refractivity contribution in [1.29, 1.82) is 0 Å². The molecule has 4 nitrogen and oxygen atoms in total. The van der Waals surface area contributed by atoms with Crippen molar-refractivity contribution in [3.05, 3.63) is 30.1 Å². The molecular formula is C11H11ClN2O2. The second-order valence-electron chi connectivity index (χ2n) is 3.40. The summed E-state index contributed by atoms with van der Waals surface area (Å²) in [6.07, 6.45) is -0.418. The minimum absolute atomic E-state index is 0.148. The number of hydrogen-bond donors (Lipinski definition) is 1. The number of aromatic amines is 1. The smallest absolute Gasteiger partial charge is 0.321 e. The third-order valence-electron chi connectivity index (χ3n) is 2.21. The zero-order valence-electron chi connectivity index (χ0n) is 8.74. The van der Waals surface area contributed by atoms with Gasteiger partial charge in [0.15, 0.2) is 6.10 Å². The number of imidazole rings is 1. The van der Waals surface area contributed by atoms with Crippen molar-refractivity contribution in [3.8, 4) is 0 Å². The number of nitrogens with zero attached hydrogens (tertiary/aromatic N) is 1. The Morgan fingerprint density at radius 2 is 2.31 bits per heavy atom. The Kier molecular flexibility index (Phi) is 3.10. The average Bonchev–Trinajstić information content (AvgIpc) is 2.72. The van der Waals surface area contributed by atoms with Crippen LogP contribution in [0.2, 0.25) is 0 Å². The minimum Gasteiger partial charge on any atom is -0.454 e. The van der Waals surface area contributed by atoms with Crippen LogP contribution in [0, 0.1) is 0 Å². The molecule has 1 N–H and O–H groups in total. The summed E-state index contributed by atoms with van der Waals surface area (Å²) in [4.78, 5) is 18.4. The minimum atomic E-state index is -0.449. The molecule has 5 heteroatoms. The number of para-hydroxylation sites is 2. The summed E-state index contributed by atoms with van der Waals surface area (Å²) in [5.74, 6) is 0.0270. The fraction of sp³-hybridized carbons (Fsp3) is 0.273. The van der Waals surface area contributed by atoms with Crippen LogP contribution in [0.25, 0.3) is 11.0 Å². The van der Waals surface area contributed by atoms with Crippen molar-refractivity contribution in [2.24, 2.45) is 0 Å². The molecule has 0 fully saturated rings. The Balaban J connectivity index is 2.23. The molecule has 0 aliphatic carbocycles. The number of carbonyl (C=O) groups is 1. The van der Waals surface area contributed by atoms with E-state index < -0.39 is 12.1 Å². The first-order valence-corrected chi connectivity index (χ1v) is 5.44. The first-order chi connectivity index (χ1) is 7.70. The van der Waals surface area contributed by atoms with E-state index in [1.807, 2.05) is 24.3 Å². The molecule has 16 heavy (non-hydrogen) atoms. The Morgan fingerprint density at radius 1 is 1.56 bits per heavy atom. The maximum absolute atomic E-state index is 11.0. The molecule has 2 rings (SSSR count). The fourth-order valence-corrected chi connectivity index (χ4v) is 1.51. The predicted molar refractivity (Wildman–Crippen MR) is 61.3 cm³/mol. The molecule has 0 bridgehead atoms. The van der Waals surface area contributed by atoms with Crippen LogP contribution < -0.4 is 0 Å². The van der Waals surface area contributed by atoms with Gasteiger partial charge in [0.2, 0.25) is 0 Å². The number of hydrogen-bond acceptors (Lipinski definition) is 3. The number of nitrogens with one attached hydrogen (secondary N) is 1. The van der Waals surface area contributed by atoms with E-state index in [0.717, 1.165) is 11.0 Å². The van der Waals surface area contributed by atoms with Gasteiger partial charge < -0.3 is 9.72 Å². The van der Waals surface area contributed by atoms with Gasteiger partial charge >= 0.3 is 5.97 Å². The van der Waals surface area contributed by atoms with Gasteiger partial charge in [0.1, 0.15) is 11.7 Å². The zero-order valence-corrected chi connectivity index (χ0v) is 9.49. The highest BCUT2D eigenvalue weighted by Crippen LogP contribution is 2.18. The van der Waals surface area contributed by atoms with Crippen molar-refractivity contribution < 1.29 is 9.53 Å². The molecule has 1 aromatic heterocycles. The molecule has 84 valence electrons. The lowest BCUT2D eigenvalue weighted by atomic mass is 10.3. The van der Waals surface area contributed by atoms with E-state index in [4.69, 9.17) is 16.3 Å². The Labute approximate surface area is 97.6 Å². The first-order valence-electron chi connectivity index (χ1n) is 4.91. The molecular weight excluding hydrogens is 228 g/mol. The van der Waals surface area contributed by atoms with Crippen LogP contribution in [0.5, 0.6) is 0 Å². The molecule has 2 aromatic rings. The number of ether oxygens (including phenoxy) is 1. The summed E-state index contributed by atoms with van der Waals surface area (Å²) in [6.45, 7) is 1.75. The maximum atomic E-state index is 11.0. The lowest BCUT2D eigenvalue weighted by molar-refractivity contribution is -0.145. The van der Waals surface area contributed by atoms with E-state index in [1.165, 1.54) is 0 Å². The number of aromatic nitrogens is 2. The van der Waals surface area contributed by atoms with E-state index in [0.29, 0.717) is 5.82 Å². The summed E-state index contributed by atoms with van der Waals surface area (Å²) in [5.41, 5.74) is 1.78. The second-order valence-corrected chi connectivity index (χ2v) is 3.67.